The molecule has 0 bridgehead atoms. The number of carbonyl (C=O) groups excluding carboxylic acids is 1. The Labute approximate surface area is 140 Å². The van der Waals surface area contributed by atoms with Gasteiger partial charge in [-0.2, -0.15) is 4.98 Å². The molecule has 0 radical (unpaired) electrons. The molecule has 1 amide bonds. The van der Waals surface area contributed by atoms with Crippen LogP contribution in [0.5, 0.6) is 0 Å². The summed E-state index contributed by atoms with van der Waals surface area (Å²) in [4.78, 5) is 21.9. The van der Waals surface area contributed by atoms with Crippen LogP contribution in [0.1, 0.15) is 26.7 Å². The lowest BCUT2D eigenvalue weighted by molar-refractivity contribution is -0.141. The Morgan fingerprint density at radius 1 is 1.30 bits per heavy atom. The highest BCUT2D eigenvalue weighted by atomic mass is 32.1. The standard InChI is InChI=1S/C16H22N4O2S/c1-16(2,3)15(21)20-8-6-19(7-9-20)11-13-17-14(18-22-13)12-5-4-10-23-12/h4-5,10H,6-9,11H2,1-3H3. The number of rotatable bonds is 3. The van der Waals surface area contributed by atoms with Crippen molar-refractivity contribution in [3.8, 4) is 10.7 Å². The highest BCUT2D eigenvalue weighted by Crippen LogP contribution is 2.22. The second kappa shape index (κ2) is 6.41. The van der Waals surface area contributed by atoms with Gasteiger partial charge in [0.2, 0.25) is 17.6 Å². The lowest BCUT2D eigenvalue weighted by Gasteiger charge is -2.37. The van der Waals surface area contributed by atoms with E-state index in [1.807, 2.05) is 43.2 Å². The van der Waals surface area contributed by atoms with E-state index in [0.717, 1.165) is 31.1 Å². The van der Waals surface area contributed by atoms with Gasteiger partial charge in [-0.15, -0.1) is 11.3 Å². The molecule has 0 aromatic carbocycles. The van der Waals surface area contributed by atoms with E-state index in [1.54, 1.807) is 11.3 Å². The molecule has 1 saturated heterocycles. The number of hydrogen-bond acceptors (Lipinski definition) is 6. The lowest BCUT2D eigenvalue weighted by Crippen LogP contribution is -2.51. The van der Waals surface area contributed by atoms with E-state index in [-0.39, 0.29) is 11.3 Å². The molecule has 3 heterocycles. The van der Waals surface area contributed by atoms with Gasteiger partial charge in [0, 0.05) is 31.6 Å². The summed E-state index contributed by atoms with van der Waals surface area (Å²) in [5.41, 5.74) is -0.315. The van der Waals surface area contributed by atoms with Gasteiger partial charge in [-0.3, -0.25) is 9.69 Å². The molecule has 23 heavy (non-hydrogen) atoms. The number of piperazine rings is 1. The van der Waals surface area contributed by atoms with Crippen LogP contribution in [0.25, 0.3) is 10.7 Å². The van der Waals surface area contributed by atoms with Gasteiger partial charge in [0.15, 0.2) is 0 Å². The fourth-order valence-electron chi connectivity index (χ4n) is 2.60. The van der Waals surface area contributed by atoms with E-state index < -0.39 is 0 Å². The Bertz CT molecular complexity index is 652. The molecule has 2 aromatic heterocycles. The highest BCUT2D eigenvalue weighted by Gasteiger charge is 2.30. The first-order chi connectivity index (χ1) is 10.9. The largest absolute Gasteiger partial charge is 0.340 e. The summed E-state index contributed by atoms with van der Waals surface area (Å²) in [7, 11) is 0. The molecule has 1 aliphatic heterocycles. The Balaban J connectivity index is 1.54. The minimum atomic E-state index is -0.315. The fraction of sp³-hybridized carbons (Fsp3) is 0.562. The molecule has 7 heteroatoms. The quantitative estimate of drug-likeness (QED) is 0.863. The van der Waals surface area contributed by atoms with E-state index >= 15 is 0 Å². The normalized spacial score (nSPS) is 16.7. The topological polar surface area (TPSA) is 62.5 Å². The molecule has 0 unspecified atom stereocenters. The Kier molecular flexibility index (Phi) is 4.50. The smallest absolute Gasteiger partial charge is 0.241 e. The second-order valence-corrected chi connectivity index (χ2v) is 7.76. The Morgan fingerprint density at radius 3 is 2.65 bits per heavy atom. The minimum absolute atomic E-state index is 0.218. The zero-order valence-corrected chi connectivity index (χ0v) is 14.6. The highest BCUT2D eigenvalue weighted by molar-refractivity contribution is 7.13. The van der Waals surface area contributed by atoms with Crippen molar-refractivity contribution in [1.29, 1.82) is 0 Å². The maximum absolute atomic E-state index is 12.3. The molecule has 0 atom stereocenters. The molecule has 2 aromatic rings. The Morgan fingerprint density at radius 2 is 2.04 bits per heavy atom. The van der Waals surface area contributed by atoms with Gasteiger partial charge in [-0.05, 0) is 11.4 Å². The van der Waals surface area contributed by atoms with E-state index in [4.69, 9.17) is 4.52 Å². The van der Waals surface area contributed by atoms with E-state index in [0.29, 0.717) is 18.3 Å². The summed E-state index contributed by atoms with van der Waals surface area (Å²) in [6.45, 7) is 9.70. The van der Waals surface area contributed by atoms with Crippen LogP contribution in [0, 0.1) is 5.41 Å². The van der Waals surface area contributed by atoms with Gasteiger partial charge in [-0.25, -0.2) is 0 Å². The van der Waals surface area contributed by atoms with Crippen LogP contribution in [0.3, 0.4) is 0 Å². The van der Waals surface area contributed by atoms with Gasteiger partial charge in [0.25, 0.3) is 0 Å². The summed E-state index contributed by atoms with van der Waals surface area (Å²) in [6.07, 6.45) is 0. The van der Waals surface area contributed by atoms with Crippen molar-refractivity contribution >= 4 is 17.2 Å². The summed E-state index contributed by atoms with van der Waals surface area (Å²) in [5.74, 6) is 1.50. The molecule has 1 fully saturated rings. The maximum atomic E-state index is 12.3. The van der Waals surface area contributed by atoms with Crippen molar-refractivity contribution < 1.29 is 9.32 Å². The summed E-state index contributed by atoms with van der Waals surface area (Å²) in [5, 5.41) is 6.03. The van der Waals surface area contributed by atoms with Crippen LogP contribution in [0.15, 0.2) is 22.0 Å². The first-order valence-electron chi connectivity index (χ1n) is 7.82. The van der Waals surface area contributed by atoms with Crippen LogP contribution in [0.2, 0.25) is 0 Å². The summed E-state index contributed by atoms with van der Waals surface area (Å²) < 4.78 is 5.34. The SMILES string of the molecule is CC(C)(C)C(=O)N1CCN(Cc2nc(-c3cccs3)no2)CC1. The van der Waals surface area contributed by atoms with Crippen LogP contribution in [-0.2, 0) is 11.3 Å². The van der Waals surface area contributed by atoms with Crippen LogP contribution < -0.4 is 0 Å². The predicted molar refractivity (Wildman–Crippen MR) is 88.9 cm³/mol. The minimum Gasteiger partial charge on any atom is -0.340 e. The van der Waals surface area contributed by atoms with Crippen molar-refractivity contribution in [2.24, 2.45) is 5.41 Å². The summed E-state index contributed by atoms with van der Waals surface area (Å²) >= 11 is 1.60. The number of amides is 1. The molecule has 0 spiro atoms. The molecular weight excluding hydrogens is 312 g/mol. The van der Waals surface area contributed by atoms with Crippen molar-refractivity contribution in [2.75, 3.05) is 26.2 Å². The number of nitrogens with zero attached hydrogens (tertiary/aromatic N) is 4. The van der Waals surface area contributed by atoms with Crippen LogP contribution in [-0.4, -0.2) is 52.0 Å². The van der Waals surface area contributed by atoms with Gasteiger partial charge in [0.05, 0.1) is 11.4 Å². The van der Waals surface area contributed by atoms with Crippen LogP contribution in [0.4, 0.5) is 0 Å². The molecule has 6 nitrogen and oxygen atoms in total. The zero-order valence-electron chi connectivity index (χ0n) is 13.8. The monoisotopic (exact) mass is 334 g/mol. The van der Waals surface area contributed by atoms with Crippen molar-refractivity contribution in [2.45, 2.75) is 27.3 Å². The third kappa shape index (κ3) is 3.79. The fourth-order valence-corrected chi connectivity index (χ4v) is 3.25. The Hall–Kier alpha value is -1.73. The average molecular weight is 334 g/mol. The maximum Gasteiger partial charge on any atom is 0.241 e. The molecule has 0 saturated carbocycles. The third-order valence-corrected chi connectivity index (χ3v) is 4.74. The summed E-state index contributed by atoms with van der Waals surface area (Å²) in [6, 6.07) is 3.96. The number of hydrogen-bond donors (Lipinski definition) is 0. The molecule has 1 aliphatic rings. The molecule has 3 rings (SSSR count). The van der Waals surface area contributed by atoms with E-state index in [9.17, 15) is 4.79 Å². The second-order valence-electron chi connectivity index (χ2n) is 6.81. The average Bonchev–Trinajstić information content (AvgIpc) is 3.17. The number of aromatic nitrogens is 2. The van der Waals surface area contributed by atoms with Crippen molar-refractivity contribution in [1.82, 2.24) is 19.9 Å². The van der Waals surface area contributed by atoms with E-state index in [1.165, 1.54) is 0 Å². The van der Waals surface area contributed by atoms with Crippen molar-refractivity contribution in [3.63, 3.8) is 0 Å². The van der Waals surface area contributed by atoms with Gasteiger partial charge >= 0.3 is 0 Å². The lowest BCUT2D eigenvalue weighted by atomic mass is 9.94. The van der Waals surface area contributed by atoms with Gasteiger partial charge in [-0.1, -0.05) is 32.0 Å². The molecule has 124 valence electrons. The van der Waals surface area contributed by atoms with Crippen LogP contribution >= 0.6 is 11.3 Å². The molecule has 0 N–H and O–H groups in total. The first-order valence-corrected chi connectivity index (χ1v) is 8.69. The third-order valence-electron chi connectivity index (χ3n) is 3.87. The van der Waals surface area contributed by atoms with E-state index in [2.05, 4.69) is 15.0 Å². The van der Waals surface area contributed by atoms with Crippen molar-refractivity contribution in [3.05, 3.63) is 23.4 Å². The zero-order chi connectivity index (χ0) is 16.4. The van der Waals surface area contributed by atoms with Gasteiger partial charge < -0.3 is 9.42 Å². The van der Waals surface area contributed by atoms with Gasteiger partial charge in [0.1, 0.15) is 0 Å². The first kappa shape index (κ1) is 16.1. The molecular formula is C16H22N4O2S. The number of carbonyl (C=O) groups is 1. The number of thiophene rings is 1. The molecule has 0 aliphatic carbocycles. The predicted octanol–water partition coefficient (Wildman–Crippen LogP) is 2.49.